The summed E-state index contributed by atoms with van der Waals surface area (Å²) in [5.41, 5.74) is 7.98. The Morgan fingerprint density at radius 3 is 2.25 bits per heavy atom. The molecule has 4 nitrogen and oxygen atoms in total. The molecule has 4 heteroatoms. The third kappa shape index (κ3) is 2.96. The molecule has 1 aliphatic rings. The van der Waals surface area contributed by atoms with Crippen molar-refractivity contribution in [3.05, 3.63) is 59.1 Å². The minimum atomic E-state index is 0.126. The van der Waals surface area contributed by atoms with Gasteiger partial charge in [-0.1, -0.05) is 6.08 Å². The number of aliphatic hydroxyl groups is 1. The van der Waals surface area contributed by atoms with Crippen LogP contribution in [0.5, 0.6) is 5.75 Å². The molecule has 0 amide bonds. The van der Waals surface area contributed by atoms with Gasteiger partial charge in [0.1, 0.15) is 11.5 Å². The Morgan fingerprint density at radius 2 is 1.75 bits per heavy atom. The summed E-state index contributed by atoms with van der Waals surface area (Å²) in [5, 5.41) is 10.3. The Balaban J connectivity index is 2.26. The number of hydrogen-bond acceptors (Lipinski definition) is 4. The van der Waals surface area contributed by atoms with Crippen LogP contribution in [0, 0.1) is 0 Å². The number of benzene rings is 1. The van der Waals surface area contributed by atoms with Gasteiger partial charge >= 0.3 is 0 Å². The Bertz CT molecular complexity index is 568. The minimum absolute atomic E-state index is 0.126. The van der Waals surface area contributed by atoms with Crippen molar-refractivity contribution in [2.75, 3.05) is 14.2 Å². The second kappa shape index (κ2) is 6.19. The molecule has 0 aliphatic heterocycles. The van der Waals surface area contributed by atoms with E-state index in [0.717, 1.165) is 29.1 Å². The minimum Gasteiger partial charge on any atom is -0.505 e. The van der Waals surface area contributed by atoms with Gasteiger partial charge in [-0.2, -0.15) is 0 Å². The molecule has 0 spiro atoms. The van der Waals surface area contributed by atoms with E-state index < -0.39 is 0 Å². The van der Waals surface area contributed by atoms with E-state index in [4.69, 9.17) is 15.2 Å². The van der Waals surface area contributed by atoms with Gasteiger partial charge in [-0.05, 0) is 42.3 Å². The van der Waals surface area contributed by atoms with E-state index in [1.165, 1.54) is 0 Å². The van der Waals surface area contributed by atoms with E-state index >= 15 is 0 Å². The maximum absolute atomic E-state index is 10.3. The summed E-state index contributed by atoms with van der Waals surface area (Å²) in [4.78, 5) is 0. The van der Waals surface area contributed by atoms with Gasteiger partial charge in [-0.3, -0.25) is 0 Å². The van der Waals surface area contributed by atoms with E-state index in [1.807, 2.05) is 36.4 Å². The third-order valence-corrected chi connectivity index (χ3v) is 3.33. The quantitative estimate of drug-likeness (QED) is 0.827. The Morgan fingerprint density at radius 1 is 1.05 bits per heavy atom. The lowest BCUT2D eigenvalue weighted by molar-refractivity contribution is 0.274. The van der Waals surface area contributed by atoms with Crippen molar-refractivity contribution in [3.63, 3.8) is 0 Å². The monoisotopic (exact) mass is 273 g/mol. The molecule has 20 heavy (non-hydrogen) atoms. The number of hydrogen-bond donors (Lipinski definition) is 2. The van der Waals surface area contributed by atoms with Crippen molar-refractivity contribution in [3.8, 4) is 5.75 Å². The maximum atomic E-state index is 10.3. The third-order valence-electron chi connectivity index (χ3n) is 3.33. The Kier molecular flexibility index (Phi) is 4.35. The molecule has 1 aliphatic carbocycles. The van der Waals surface area contributed by atoms with Crippen molar-refractivity contribution >= 4 is 5.70 Å². The fourth-order valence-corrected chi connectivity index (χ4v) is 2.07. The predicted octanol–water partition coefficient (Wildman–Crippen LogP) is 3.13. The zero-order valence-electron chi connectivity index (χ0n) is 11.7. The first-order valence-electron chi connectivity index (χ1n) is 6.43. The van der Waals surface area contributed by atoms with Gasteiger partial charge in [0.25, 0.3) is 0 Å². The summed E-state index contributed by atoms with van der Waals surface area (Å²) >= 11 is 0. The van der Waals surface area contributed by atoms with Crippen LogP contribution >= 0.6 is 0 Å². The van der Waals surface area contributed by atoms with Crippen LogP contribution in [-0.4, -0.2) is 19.3 Å². The van der Waals surface area contributed by atoms with Gasteiger partial charge in [0, 0.05) is 12.0 Å². The first-order chi connectivity index (χ1) is 9.65. The van der Waals surface area contributed by atoms with Crippen LogP contribution in [0.15, 0.2) is 53.5 Å². The standard InChI is InChI=1S/C16H19NO3/c1-19-13-7-3-11(4-8-13)15(17)16(18)12-5-9-14(20-2)10-6-12/h3-5,7-9,18H,6,10,17H2,1-2H3/b16-15-. The van der Waals surface area contributed by atoms with Crippen molar-refractivity contribution in [2.45, 2.75) is 12.8 Å². The molecule has 0 atom stereocenters. The van der Waals surface area contributed by atoms with Crippen LogP contribution in [0.1, 0.15) is 18.4 Å². The van der Waals surface area contributed by atoms with Crippen molar-refractivity contribution in [1.29, 1.82) is 0 Å². The van der Waals surface area contributed by atoms with E-state index in [-0.39, 0.29) is 5.76 Å². The molecule has 0 bridgehead atoms. The van der Waals surface area contributed by atoms with E-state index in [9.17, 15) is 5.11 Å². The van der Waals surface area contributed by atoms with Gasteiger partial charge in [-0.15, -0.1) is 0 Å². The van der Waals surface area contributed by atoms with Gasteiger partial charge in [-0.25, -0.2) is 0 Å². The summed E-state index contributed by atoms with van der Waals surface area (Å²) < 4.78 is 10.3. The highest BCUT2D eigenvalue weighted by atomic mass is 16.5. The van der Waals surface area contributed by atoms with Crippen molar-refractivity contribution in [1.82, 2.24) is 0 Å². The first-order valence-corrected chi connectivity index (χ1v) is 6.43. The van der Waals surface area contributed by atoms with E-state index in [0.29, 0.717) is 12.1 Å². The molecule has 0 saturated heterocycles. The van der Waals surface area contributed by atoms with Gasteiger partial charge < -0.3 is 20.3 Å². The number of allylic oxidation sites excluding steroid dienone is 4. The van der Waals surface area contributed by atoms with Crippen LogP contribution in [0.25, 0.3) is 5.70 Å². The average molecular weight is 273 g/mol. The smallest absolute Gasteiger partial charge is 0.142 e. The normalized spacial score (nSPS) is 15.9. The molecule has 0 fully saturated rings. The highest BCUT2D eigenvalue weighted by molar-refractivity contribution is 5.68. The Hall–Kier alpha value is -2.36. The fraction of sp³-hybridized carbons (Fsp3) is 0.250. The second-order valence-corrected chi connectivity index (χ2v) is 4.52. The lowest BCUT2D eigenvalue weighted by Gasteiger charge is -2.15. The van der Waals surface area contributed by atoms with Crippen LogP contribution in [0.4, 0.5) is 0 Å². The van der Waals surface area contributed by atoms with Crippen LogP contribution in [-0.2, 0) is 4.74 Å². The zero-order chi connectivity index (χ0) is 14.5. The Labute approximate surface area is 118 Å². The summed E-state index contributed by atoms with van der Waals surface area (Å²) in [5.74, 6) is 1.79. The topological polar surface area (TPSA) is 64.7 Å². The molecule has 0 aromatic heterocycles. The number of rotatable bonds is 4. The average Bonchev–Trinajstić information content (AvgIpc) is 2.53. The van der Waals surface area contributed by atoms with Crippen molar-refractivity contribution < 1.29 is 14.6 Å². The molecular weight excluding hydrogens is 254 g/mol. The number of methoxy groups -OCH3 is 2. The van der Waals surface area contributed by atoms with Gasteiger partial charge in [0.2, 0.25) is 0 Å². The molecule has 3 N–H and O–H groups in total. The molecule has 0 heterocycles. The summed E-state index contributed by atoms with van der Waals surface area (Å²) in [7, 11) is 3.25. The summed E-state index contributed by atoms with van der Waals surface area (Å²) in [6, 6.07) is 7.27. The first kappa shape index (κ1) is 14.1. The van der Waals surface area contributed by atoms with E-state index in [1.54, 1.807) is 14.2 Å². The highest BCUT2D eigenvalue weighted by Gasteiger charge is 2.13. The molecule has 2 rings (SSSR count). The highest BCUT2D eigenvalue weighted by Crippen LogP contribution is 2.27. The molecular formula is C16H19NO3. The molecule has 106 valence electrons. The zero-order valence-corrected chi connectivity index (χ0v) is 11.7. The number of nitrogens with two attached hydrogens (primary N) is 1. The lowest BCUT2D eigenvalue weighted by atomic mass is 9.99. The van der Waals surface area contributed by atoms with Crippen LogP contribution in [0.2, 0.25) is 0 Å². The molecule has 1 aromatic carbocycles. The summed E-state index contributed by atoms with van der Waals surface area (Å²) in [6.07, 6.45) is 5.18. The SMILES string of the molecule is COC1=CC=C(/C(O)=C(/N)c2ccc(OC)cc2)CC1. The molecule has 1 aromatic rings. The second-order valence-electron chi connectivity index (χ2n) is 4.52. The van der Waals surface area contributed by atoms with Crippen LogP contribution < -0.4 is 10.5 Å². The van der Waals surface area contributed by atoms with Crippen LogP contribution in [0.3, 0.4) is 0 Å². The van der Waals surface area contributed by atoms with Crippen molar-refractivity contribution in [2.24, 2.45) is 5.73 Å². The fourth-order valence-electron chi connectivity index (χ4n) is 2.07. The molecule has 0 unspecified atom stereocenters. The lowest BCUT2D eigenvalue weighted by Crippen LogP contribution is -2.06. The summed E-state index contributed by atoms with van der Waals surface area (Å²) in [6.45, 7) is 0. The number of ether oxygens (including phenoxy) is 2. The van der Waals surface area contributed by atoms with Gasteiger partial charge in [0.05, 0.1) is 25.7 Å². The van der Waals surface area contributed by atoms with Gasteiger partial charge in [0.15, 0.2) is 0 Å². The predicted molar refractivity (Wildman–Crippen MR) is 79.1 cm³/mol. The molecule has 0 saturated carbocycles. The maximum Gasteiger partial charge on any atom is 0.142 e. The molecule has 0 radical (unpaired) electrons. The largest absolute Gasteiger partial charge is 0.505 e. The van der Waals surface area contributed by atoms with E-state index in [2.05, 4.69) is 0 Å². The number of aliphatic hydroxyl groups excluding tert-OH is 1.